The van der Waals surface area contributed by atoms with E-state index >= 15 is 0 Å². The van der Waals surface area contributed by atoms with E-state index in [0.717, 1.165) is 0 Å². The Morgan fingerprint density at radius 2 is 2.33 bits per heavy atom. The van der Waals surface area contributed by atoms with Crippen LogP contribution in [-0.4, -0.2) is 39.5 Å². The largest absolute Gasteiger partial charge is 0.474 e. The van der Waals surface area contributed by atoms with E-state index in [9.17, 15) is 0 Å². The summed E-state index contributed by atoms with van der Waals surface area (Å²) in [5, 5.41) is 17.3. The zero-order valence-corrected chi connectivity index (χ0v) is 6.42. The zero-order valence-electron chi connectivity index (χ0n) is 6.42. The molecule has 1 heterocycles. The number of rotatable bonds is 4. The molecule has 0 bridgehead atoms. The molecule has 0 spiro atoms. The van der Waals surface area contributed by atoms with Gasteiger partial charge in [0, 0.05) is 12.4 Å². The lowest BCUT2D eigenvalue weighted by Gasteiger charge is -2.07. The van der Waals surface area contributed by atoms with Gasteiger partial charge in [-0.1, -0.05) is 0 Å². The molecule has 0 radical (unpaired) electrons. The second-order valence-corrected chi connectivity index (χ2v) is 2.19. The van der Waals surface area contributed by atoms with Crippen molar-refractivity contribution < 1.29 is 14.9 Å². The summed E-state index contributed by atoms with van der Waals surface area (Å²) in [6.07, 6.45) is 3.58. The van der Waals surface area contributed by atoms with Crippen LogP contribution in [0.3, 0.4) is 0 Å². The molecule has 12 heavy (non-hydrogen) atoms. The zero-order chi connectivity index (χ0) is 8.81. The molecule has 66 valence electrons. The van der Waals surface area contributed by atoms with Gasteiger partial charge in [-0.05, 0) is 0 Å². The molecule has 1 atom stereocenters. The molecule has 1 aromatic rings. The van der Waals surface area contributed by atoms with Gasteiger partial charge in [0.25, 0.3) is 0 Å². The van der Waals surface area contributed by atoms with Gasteiger partial charge in [-0.25, -0.2) is 4.98 Å². The lowest BCUT2D eigenvalue weighted by Crippen LogP contribution is -2.21. The Balaban J connectivity index is 2.33. The summed E-state index contributed by atoms with van der Waals surface area (Å²) < 4.78 is 4.98. The van der Waals surface area contributed by atoms with Gasteiger partial charge in [0.1, 0.15) is 12.7 Å². The molecule has 0 saturated heterocycles. The molecule has 0 aromatic carbocycles. The maximum absolute atomic E-state index is 8.90. The normalized spacial score (nSPS) is 12.5. The Kier molecular flexibility index (Phi) is 3.43. The van der Waals surface area contributed by atoms with E-state index < -0.39 is 6.10 Å². The van der Waals surface area contributed by atoms with E-state index in [4.69, 9.17) is 14.9 Å². The van der Waals surface area contributed by atoms with Crippen LogP contribution in [0.5, 0.6) is 5.88 Å². The molecule has 0 saturated carbocycles. The molecular formula is C7H10N2O3. The van der Waals surface area contributed by atoms with Crippen molar-refractivity contribution in [1.82, 2.24) is 9.97 Å². The van der Waals surface area contributed by atoms with E-state index in [1.54, 1.807) is 0 Å². The topological polar surface area (TPSA) is 75.5 Å². The van der Waals surface area contributed by atoms with Crippen molar-refractivity contribution in [1.29, 1.82) is 0 Å². The van der Waals surface area contributed by atoms with E-state index in [0.29, 0.717) is 5.88 Å². The van der Waals surface area contributed by atoms with Crippen LogP contribution < -0.4 is 4.74 Å². The van der Waals surface area contributed by atoms with Crippen molar-refractivity contribution in [2.45, 2.75) is 6.10 Å². The second kappa shape index (κ2) is 4.63. The summed E-state index contributed by atoms with van der Waals surface area (Å²) in [7, 11) is 0. The molecular weight excluding hydrogens is 160 g/mol. The first-order valence-electron chi connectivity index (χ1n) is 3.50. The van der Waals surface area contributed by atoms with Gasteiger partial charge in [-0.2, -0.15) is 0 Å². The van der Waals surface area contributed by atoms with Gasteiger partial charge in [0.15, 0.2) is 0 Å². The van der Waals surface area contributed by atoms with Crippen molar-refractivity contribution in [3.05, 3.63) is 18.6 Å². The first-order chi connectivity index (χ1) is 5.83. The molecule has 1 rings (SSSR count). The highest BCUT2D eigenvalue weighted by Crippen LogP contribution is 2.00. The Morgan fingerprint density at radius 1 is 1.50 bits per heavy atom. The van der Waals surface area contributed by atoms with Crippen molar-refractivity contribution in [2.75, 3.05) is 13.2 Å². The number of aliphatic hydroxyl groups is 2. The third-order valence-corrected chi connectivity index (χ3v) is 1.17. The smallest absolute Gasteiger partial charge is 0.232 e. The Morgan fingerprint density at radius 3 is 2.92 bits per heavy atom. The highest BCUT2D eigenvalue weighted by Gasteiger charge is 2.02. The molecule has 0 aliphatic rings. The third-order valence-electron chi connectivity index (χ3n) is 1.17. The standard InChI is InChI=1S/C7H10N2O3/c10-4-6(11)5-12-7-3-8-1-2-9-7/h1-3,6,10-11H,4-5H2/t6-/m0/s1. The third kappa shape index (κ3) is 2.81. The molecule has 0 fully saturated rings. The van der Waals surface area contributed by atoms with Crippen LogP contribution in [0.15, 0.2) is 18.6 Å². The van der Waals surface area contributed by atoms with Gasteiger partial charge in [-0.3, -0.25) is 4.98 Å². The number of nitrogens with zero attached hydrogens (tertiary/aromatic N) is 2. The van der Waals surface area contributed by atoms with Gasteiger partial charge in [0.2, 0.25) is 5.88 Å². The van der Waals surface area contributed by atoms with Crippen molar-refractivity contribution in [3.8, 4) is 5.88 Å². The molecule has 5 nitrogen and oxygen atoms in total. The predicted molar refractivity (Wildman–Crippen MR) is 40.6 cm³/mol. The van der Waals surface area contributed by atoms with Gasteiger partial charge in [0.05, 0.1) is 12.8 Å². The summed E-state index contributed by atoms with van der Waals surface area (Å²) >= 11 is 0. The molecule has 2 N–H and O–H groups in total. The highest BCUT2D eigenvalue weighted by molar-refractivity contribution is 5.00. The van der Waals surface area contributed by atoms with Crippen molar-refractivity contribution in [2.24, 2.45) is 0 Å². The maximum Gasteiger partial charge on any atom is 0.232 e. The van der Waals surface area contributed by atoms with Crippen molar-refractivity contribution >= 4 is 0 Å². The number of aromatic nitrogens is 2. The minimum absolute atomic E-state index is 0.0230. The maximum atomic E-state index is 8.90. The van der Waals surface area contributed by atoms with Crippen LogP contribution in [0.25, 0.3) is 0 Å². The first-order valence-corrected chi connectivity index (χ1v) is 3.50. The van der Waals surface area contributed by atoms with Crippen molar-refractivity contribution in [3.63, 3.8) is 0 Å². The van der Waals surface area contributed by atoms with Crippen LogP contribution in [0.2, 0.25) is 0 Å². The lowest BCUT2D eigenvalue weighted by molar-refractivity contribution is 0.0520. The predicted octanol–water partition coefficient (Wildman–Crippen LogP) is -0.791. The quantitative estimate of drug-likeness (QED) is 0.619. The highest BCUT2D eigenvalue weighted by atomic mass is 16.5. The molecule has 0 amide bonds. The average Bonchev–Trinajstić information content (AvgIpc) is 2.16. The Hall–Kier alpha value is -1.20. The fraction of sp³-hybridized carbons (Fsp3) is 0.429. The van der Waals surface area contributed by atoms with Crippen LogP contribution >= 0.6 is 0 Å². The number of ether oxygens (including phenoxy) is 1. The number of hydrogen-bond acceptors (Lipinski definition) is 5. The Bertz CT molecular complexity index is 217. The van der Waals surface area contributed by atoms with Gasteiger partial charge >= 0.3 is 0 Å². The summed E-state index contributed by atoms with van der Waals surface area (Å²) in [5.74, 6) is 0.338. The summed E-state index contributed by atoms with van der Waals surface area (Å²) in [5.41, 5.74) is 0. The SMILES string of the molecule is OC[C@H](O)COc1cnccn1. The average molecular weight is 170 g/mol. The van der Waals surface area contributed by atoms with Crippen LogP contribution in [0.4, 0.5) is 0 Å². The summed E-state index contributed by atoms with van der Waals surface area (Å²) in [4.78, 5) is 7.56. The fourth-order valence-corrected chi connectivity index (χ4v) is 0.594. The lowest BCUT2D eigenvalue weighted by atomic mass is 10.4. The van der Waals surface area contributed by atoms with Crippen LogP contribution in [-0.2, 0) is 0 Å². The van der Waals surface area contributed by atoms with Crippen LogP contribution in [0.1, 0.15) is 0 Å². The molecule has 0 unspecified atom stereocenters. The number of aliphatic hydroxyl groups excluding tert-OH is 2. The monoisotopic (exact) mass is 170 g/mol. The minimum atomic E-state index is -0.869. The van der Waals surface area contributed by atoms with E-state index in [1.165, 1.54) is 18.6 Å². The minimum Gasteiger partial charge on any atom is -0.474 e. The fourth-order valence-electron chi connectivity index (χ4n) is 0.594. The number of hydrogen-bond donors (Lipinski definition) is 2. The van der Waals surface area contributed by atoms with E-state index in [2.05, 4.69) is 9.97 Å². The summed E-state index contributed by atoms with van der Waals surface area (Å²) in [6.45, 7) is -0.296. The molecule has 0 aliphatic heterocycles. The Labute approximate surface area is 69.7 Å². The summed E-state index contributed by atoms with van der Waals surface area (Å²) in [6, 6.07) is 0. The molecule has 1 aromatic heterocycles. The second-order valence-electron chi connectivity index (χ2n) is 2.19. The van der Waals surface area contributed by atoms with Gasteiger partial charge in [-0.15, -0.1) is 0 Å². The van der Waals surface area contributed by atoms with Gasteiger partial charge < -0.3 is 14.9 Å². The van der Waals surface area contributed by atoms with E-state index in [1.807, 2.05) is 0 Å². The van der Waals surface area contributed by atoms with E-state index in [-0.39, 0.29) is 13.2 Å². The first kappa shape index (κ1) is 8.89. The van der Waals surface area contributed by atoms with Crippen LogP contribution in [0, 0.1) is 0 Å². The molecule has 0 aliphatic carbocycles. The molecule has 5 heteroatoms.